The summed E-state index contributed by atoms with van der Waals surface area (Å²) >= 11 is 6.81. The van der Waals surface area contributed by atoms with Crippen LogP contribution in [0.4, 0.5) is 28.7 Å². The van der Waals surface area contributed by atoms with E-state index < -0.39 is 17.8 Å². The van der Waals surface area contributed by atoms with Crippen molar-refractivity contribution in [3.05, 3.63) is 46.3 Å². The van der Waals surface area contributed by atoms with Crippen LogP contribution in [0, 0.1) is 0 Å². The minimum atomic E-state index is -4.60. The number of hydrogen-bond acceptors (Lipinski definition) is 2. The van der Waals surface area contributed by atoms with Crippen molar-refractivity contribution in [2.75, 3.05) is 10.6 Å². The number of rotatable bonds is 2. The van der Waals surface area contributed by atoms with E-state index in [4.69, 9.17) is 11.6 Å². The van der Waals surface area contributed by atoms with E-state index in [1.54, 1.807) is 17.5 Å². The molecule has 2 aromatic rings. The molecule has 0 radical (unpaired) electrons. The van der Waals surface area contributed by atoms with Gasteiger partial charge in [-0.2, -0.15) is 13.2 Å². The first kappa shape index (κ1) is 14.7. The fourth-order valence-corrected chi connectivity index (χ4v) is 2.26. The van der Waals surface area contributed by atoms with Crippen molar-refractivity contribution >= 4 is 39.7 Å². The first-order chi connectivity index (χ1) is 9.36. The number of carbonyl (C=O) groups excluding carboxylic acids is 1. The lowest BCUT2D eigenvalue weighted by Crippen LogP contribution is -2.21. The van der Waals surface area contributed by atoms with Gasteiger partial charge >= 0.3 is 12.2 Å². The molecule has 2 N–H and O–H groups in total. The largest absolute Gasteiger partial charge is 0.418 e. The second-order valence-corrected chi connectivity index (χ2v) is 5.13. The number of benzene rings is 1. The van der Waals surface area contributed by atoms with Gasteiger partial charge in [-0.1, -0.05) is 11.6 Å². The minimum Gasteiger partial charge on any atom is -0.307 e. The van der Waals surface area contributed by atoms with Crippen LogP contribution in [0.2, 0.25) is 5.02 Å². The first-order valence-electron chi connectivity index (χ1n) is 5.34. The van der Waals surface area contributed by atoms with Crippen LogP contribution < -0.4 is 10.6 Å². The number of halogens is 4. The Kier molecular flexibility index (Phi) is 4.20. The Balaban J connectivity index is 2.19. The topological polar surface area (TPSA) is 41.1 Å². The summed E-state index contributed by atoms with van der Waals surface area (Å²) in [6.07, 6.45) is -4.60. The Hall–Kier alpha value is -1.73. The van der Waals surface area contributed by atoms with Crippen LogP contribution in [0.3, 0.4) is 0 Å². The monoisotopic (exact) mass is 320 g/mol. The third kappa shape index (κ3) is 3.64. The molecule has 0 bridgehead atoms. The number of carbonyl (C=O) groups is 1. The Morgan fingerprint density at radius 2 is 1.95 bits per heavy atom. The van der Waals surface area contributed by atoms with Crippen LogP contribution in [-0.4, -0.2) is 6.03 Å². The predicted octanol–water partition coefficient (Wildman–Crippen LogP) is 5.06. The number of hydrogen-bond donors (Lipinski definition) is 2. The van der Waals surface area contributed by atoms with Crippen molar-refractivity contribution in [2.45, 2.75) is 6.18 Å². The van der Waals surface area contributed by atoms with E-state index in [1.165, 1.54) is 17.4 Å². The van der Waals surface area contributed by atoms with E-state index in [9.17, 15) is 18.0 Å². The fraction of sp³-hybridized carbons (Fsp3) is 0.0833. The minimum absolute atomic E-state index is 0.0541. The van der Waals surface area contributed by atoms with E-state index in [0.717, 1.165) is 12.1 Å². The molecule has 1 aromatic carbocycles. The highest BCUT2D eigenvalue weighted by Gasteiger charge is 2.34. The van der Waals surface area contributed by atoms with Crippen molar-refractivity contribution in [1.82, 2.24) is 0 Å². The Labute approximate surface area is 121 Å². The van der Waals surface area contributed by atoms with Gasteiger partial charge in [0, 0.05) is 5.02 Å². The number of nitrogens with one attached hydrogen (secondary N) is 2. The van der Waals surface area contributed by atoms with Crippen LogP contribution in [0.15, 0.2) is 35.7 Å². The van der Waals surface area contributed by atoms with Gasteiger partial charge in [0.2, 0.25) is 0 Å². The molecule has 106 valence electrons. The van der Waals surface area contributed by atoms with Gasteiger partial charge < -0.3 is 5.32 Å². The summed E-state index contributed by atoms with van der Waals surface area (Å²) in [4.78, 5) is 11.6. The molecule has 1 aromatic heterocycles. The van der Waals surface area contributed by atoms with Gasteiger partial charge in [0.25, 0.3) is 0 Å². The van der Waals surface area contributed by atoms with E-state index >= 15 is 0 Å². The van der Waals surface area contributed by atoms with Gasteiger partial charge in [-0.3, -0.25) is 5.32 Å². The van der Waals surface area contributed by atoms with Gasteiger partial charge in [-0.25, -0.2) is 4.79 Å². The third-order valence-electron chi connectivity index (χ3n) is 2.29. The molecular weight excluding hydrogens is 313 g/mol. The summed E-state index contributed by atoms with van der Waals surface area (Å²) in [5.41, 5.74) is -1.35. The highest BCUT2D eigenvalue weighted by molar-refractivity contribution is 7.14. The van der Waals surface area contributed by atoms with E-state index in [2.05, 4.69) is 10.6 Å². The second-order valence-electron chi connectivity index (χ2n) is 3.74. The maximum Gasteiger partial charge on any atom is 0.418 e. The zero-order valence-electron chi connectivity index (χ0n) is 9.79. The zero-order chi connectivity index (χ0) is 14.8. The number of thiophene rings is 1. The van der Waals surface area contributed by atoms with E-state index in [0.29, 0.717) is 5.00 Å². The lowest BCUT2D eigenvalue weighted by atomic mass is 10.1. The van der Waals surface area contributed by atoms with E-state index in [1.807, 2.05) is 0 Å². The van der Waals surface area contributed by atoms with Gasteiger partial charge in [0.05, 0.1) is 16.3 Å². The van der Waals surface area contributed by atoms with Gasteiger partial charge in [0.1, 0.15) is 0 Å². The molecule has 0 saturated carbocycles. The molecule has 0 unspecified atom stereocenters. The van der Waals surface area contributed by atoms with Crippen molar-refractivity contribution in [3.63, 3.8) is 0 Å². The highest BCUT2D eigenvalue weighted by Crippen LogP contribution is 2.36. The smallest absolute Gasteiger partial charge is 0.307 e. The summed E-state index contributed by atoms with van der Waals surface area (Å²) in [7, 11) is 0. The number of alkyl halides is 3. The highest BCUT2D eigenvalue weighted by atomic mass is 35.5. The molecule has 0 spiro atoms. The first-order valence-corrected chi connectivity index (χ1v) is 6.60. The van der Waals surface area contributed by atoms with Crippen molar-refractivity contribution in [2.24, 2.45) is 0 Å². The van der Waals surface area contributed by atoms with Crippen LogP contribution in [0.1, 0.15) is 5.56 Å². The number of anilines is 2. The van der Waals surface area contributed by atoms with Crippen LogP contribution in [0.5, 0.6) is 0 Å². The average Bonchev–Trinajstić information content (AvgIpc) is 2.82. The summed E-state index contributed by atoms with van der Waals surface area (Å²) < 4.78 is 38.5. The standard InChI is InChI=1S/C12H8ClF3N2OS/c13-7-3-4-9(8(6-7)12(14,15)16)17-11(19)18-10-2-1-5-20-10/h1-6H,(H2,17,18,19). The maximum atomic E-state index is 12.8. The molecule has 8 heteroatoms. The summed E-state index contributed by atoms with van der Waals surface area (Å²) in [5, 5.41) is 6.81. The molecule has 0 aliphatic carbocycles. The quantitative estimate of drug-likeness (QED) is 0.797. The molecular formula is C12H8ClF3N2OS. The van der Waals surface area contributed by atoms with Crippen LogP contribution in [-0.2, 0) is 6.18 Å². The van der Waals surface area contributed by atoms with Gasteiger partial charge in [0.15, 0.2) is 0 Å². The summed E-state index contributed by atoms with van der Waals surface area (Å²) in [6, 6.07) is 5.75. The Morgan fingerprint density at radius 1 is 1.20 bits per heavy atom. The fourth-order valence-electron chi connectivity index (χ4n) is 1.48. The molecule has 0 saturated heterocycles. The van der Waals surface area contributed by atoms with Crippen molar-refractivity contribution in [3.8, 4) is 0 Å². The molecule has 0 fully saturated rings. The summed E-state index contributed by atoms with van der Waals surface area (Å²) in [5.74, 6) is 0. The SMILES string of the molecule is O=C(Nc1cccs1)Nc1ccc(Cl)cc1C(F)(F)F. The van der Waals surface area contributed by atoms with Crippen molar-refractivity contribution < 1.29 is 18.0 Å². The summed E-state index contributed by atoms with van der Waals surface area (Å²) in [6.45, 7) is 0. The van der Waals surface area contributed by atoms with E-state index in [-0.39, 0.29) is 10.7 Å². The average molecular weight is 321 g/mol. The lowest BCUT2D eigenvalue weighted by molar-refractivity contribution is -0.136. The third-order valence-corrected chi connectivity index (χ3v) is 3.31. The molecule has 2 rings (SSSR count). The van der Waals surface area contributed by atoms with Crippen molar-refractivity contribution in [1.29, 1.82) is 0 Å². The molecule has 20 heavy (non-hydrogen) atoms. The second kappa shape index (κ2) is 5.72. The molecule has 0 aliphatic heterocycles. The molecule has 1 heterocycles. The lowest BCUT2D eigenvalue weighted by Gasteiger charge is -2.14. The van der Waals surface area contributed by atoms with Crippen LogP contribution in [0.25, 0.3) is 0 Å². The van der Waals surface area contributed by atoms with Crippen LogP contribution >= 0.6 is 22.9 Å². The molecule has 0 atom stereocenters. The molecule has 0 aliphatic rings. The molecule has 3 nitrogen and oxygen atoms in total. The Morgan fingerprint density at radius 3 is 2.55 bits per heavy atom. The predicted molar refractivity (Wildman–Crippen MR) is 73.4 cm³/mol. The number of amides is 2. The maximum absolute atomic E-state index is 12.8. The zero-order valence-corrected chi connectivity index (χ0v) is 11.4. The number of urea groups is 1. The Bertz CT molecular complexity index is 614. The van der Waals surface area contributed by atoms with Gasteiger partial charge in [-0.05, 0) is 35.7 Å². The normalized spacial score (nSPS) is 11.2. The molecule has 2 amide bonds. The van der Waals surface area contributed by atoms with Gasteiger partial charge in [-0.15, -0.1) is 11.3 Å².